The minimum Gasteiger partial charge on any atom is -0.393 e. The second-order valence-corrected chi connectivity index (χ2v) is 5.01. The molecule has 0 spiro atoms. The van der Waals surface area contributed by atoms with E-state index in [-0.39, 0.29) is 16.7 Å². The molecule has 1 unspecified atom stereocenters. The molecule has 0 radical (unpaired) electrons. The van der Waals surface area contributed by atoms with E-state index in [1.807, 2.05) is 24.9 Å². The number of nitro groups is 1. The Balaban J connectivity index is 2.76. The Morgan fingerprint density at radius 1 is 1.50 bits per heavy atom. The molecule has 1 aromatic rings. The lowest BCUT2D eigenvalue weighted by Gasteiger charge is -2.17. The van der Waals surface area contributed by atoms with Gasteiger partial charge < -0.3 is 15.3 Å². The van der Waals surface area contributed by atoms with E-state index < -0.39 is 0 Å². The molecule has 0 aliphatic carbocycles. The first-order valence-corrected chi connectivity index (χ1v) is 6.81. The first-order valence-electron chi connectivity index (χ1n) is 6.81. The van der Waals surface area contributed by atoms with E-state index in [0.717, 1.165) is 12.1 Å². The minimum absolute atomic E-state index is 0.105. The van der Waals surface area contributed by atoms with Gasteiger partial charge in [0.2, 0.25) is 0 Å². The van der Waals surface area contributed by atoms with Crippen LogP contribution in [0, 0.1) is 10.1 Å². The fourth-order valence-electron chi connectivity index (χ4n) is 1.96. The van der Waals surface area contributed by atoms with Gasteiger partial charge in [0.15, 0.2) is 0 Å². The Labute approximate surface area is 119 Å². The fourth-order valence-corrected chi connectivity index (χ4v) is 1.96. The molecule has 6 nitrogen and oxygen atoms in total. The molecular weight excluding hydrogens is 258 g/mol. The standard InChI is InChI=1S/C14H23N3O3/c1-4-15-13-6-5-12(9-14(13)17(19)20)10-16(3)8-7-11(2)18/h5-6,9,11,15,18H,4,7-8,10H2,1-3H3. The van der Waals surface area contributed by atoms with E-state index in [9.17, 15) is 15.2 Å². The molecule has 1 aromatic carbocycles. The topological polar surface area (TPSA) is 78.6 Å². The van der Waals surface area contributed by atoms with Crippen molar-refractivity contribution in [1.82, 2.24) is 4.90 Å². The molecule has 20 heavy (non-hydrogen) atoms. The van der Waals surface area contributed by atoms with Gasteiger partial charge in [-0.1, -0.05) is 6.07 Å². The van der Waals surface area contributed by atoms with E-state index in [4.69, 9.17) is 0 Å². The van der Waals surface area contributed by atoms with Gasteiger partial charge in [-0.05, 0) is 38.9 Å². The van der Waals surface area contributed by atoms with Gasteiger partial charge in [0.1, 0.15) is 5.69 Å². The maximum Gasteiger partial charge on any atom is 0.292 e. The van der Waals surface area contributed by atoms with Gasteiger partial charge in [-0.25, -0.2) is 0 Å². The van der Waals surface area contributed by atoms with Gasteiger partial charge in [0.25, 0.3) is 5.69 Å². The lowest BCUT2D eigenvalue weighted by Crippen LogP contribution is -2.22. The third kappa shape index (κ3) is 5.14. The Bertz CT molecular complexity index is 449. The van der Waals surface area contributed by atoms with E-state index in [2.05, 4.69) is 5.32 Å². The molecule has 2 N–H and O–H groups in total. The van der Waals surface area contributed by atoms with Gasteiger partial charge in [-0.15, -0.1) is 0 Å². The van der Waals surface area contributed by atoms with Gasteiger partial charge >= 0.3 is 0 Å². The van der Waals surface area contributed by atoms with E-state index in [0.29, 0.717) is 25.2 Å². The molecule has 0 amide bonds. The Kier molecular flexibility index (Phi) is 6.41. The molecule has 1 atom stereocenters. The average Bonchev–Trinajstić information content (AvgIpc) is 2.38. The lowest BCUT2D eigenvalue weighted by atomic mass is 10.1. The Morgan fingerprint density at radius 3 is 2.75 bits per heavy atom. The summed E-state index contributed by atoms with van der Waals surface area (Å²) in [5.41, 5.74) is 1.55. The second kappa shape index (κ2) is 7.81. The Morgan fingerprint density at radius 2 is 2.20 bits per heavy atom. The normalized spacial score (nSPS) is 12.4. The summed E-state index contributed by atoms with van der Waals surface area (Å²) in [5, 5.41) is 23.3. The second-order valence-electron chi connectivity index (χ2n) is 5.01. The number of rotatable bonds is 8. The average molecular weight is 281 g/mol. The van der Waals surface area contributed by atoms with Gasteiger partial charge in [0.05, 0.1) is 11.0 Å². The molecule has 0 aliphatic rings. The quantitative estimate of drug-likeness (QED) is 0.564. The number of anilines is 1. The van der Waals surface area contributed by atoms with Crippen molar-refractivity contribution in [3.8, 4) is 0 Å². The summed E-state index contributed by atoms with van der Waals surface area (Å²) in [4.78, 5) is 12.7. The van der Waals surface area contributed by atoms with Crippen LogP contribution in [-0.4, -0.2) is 41.2 Å². The molecule has 0 aromatic heterocycles. The first-order chi connectivity index (χ1) is 9.43. The molecule has 1 rings (SSSR count). The van der Waals surface area contributed by atoms with Crippen LogP contribution < -0.4 is 5.32 Å². The summed E-state index contributed by atoms with van der Waals surface area (Å²) in [6.45, 7) is 5.68. The van der Waals surface area contributed by atoms with Crippen molar-refractivity contribution in [3.63, 3.8) is 0 Å². The summed E-state index contributed by atoms with van der Waals surface area (Å²) in [7, 11) is 1.94. The van der Waals surface area contributed by atoms with E-state index in [1.165, 1.54) is 0 Å². The molecule has 112 valence electrons. The number of aliphatic hydroxyl groups is 1. The maximum atomic E-state index is 11.1. The van der Waals surface area contributed by atoms with Crippen molar-refractivity contribution < 1.29 is 10.0 Å². The molecule has 0 heterocycles. The van der Waals surface area contributed by atoms with E-state index >= 15 is 0 Å². The van der Waals surface area contributed by atoms with Crippen LogP contribution in [-0.2, 0) is 6.54 Å². The molecule has 0 saturated carbocycles. The molecule has 6 heteroatoms. The van der Waals surface area contributed by atoms with Crippen LogP contribution in [0.3, 0.4) is 0 Å². The van der Waals surface area contributed by atoms with Crippen LogP contribution in [0.2, 0.25) is 0 Å². The third-order valence-corrected chi connectivity index (χ3v) is 3.01. The predicted molar refractivity (Wildman–Crippen MR) is 79.9 cm³/mol. The fraction of sp³-hybridized carbons (Fsp3) is 0.571. The van der Waals surface area contributed by atoms with Gasteiger partial charge in [0, 0.05) is 25.7 Å². The highest BCUT2D eigenvalue weighted by Crippen LogP contribution is 2.25. The summed E-state index contributed by atoms with van der Waals surface area (Å²) >= 11 is 0. The highest BCUT2D eigenvalue weighted by Gasteiger charge is 2.14. The van der Waals surface area contributed by atoms with Gasteiger partial charge in [-0.2, -0.15) is 0 Å². The SMILES string of the molecule is CCNc1ccc(CN(C)CCC(C)O)cc1[N+](=O)[O-]. The van der Waals surface area contributed by atoms with Crippen LogP contribution in [0.4, 0.5) is 11.4 Å². The largest absolute Gasteiger partial charge is 0.393 e. The van der Waals surface area contributed by atoms with Crippen LogP contribution in [0.5, 0.6) is 0 Å². The van der Waals surface area contributed by atoms with Crippen LogP contribution in [0.25, 0.3) is 0 Å². The number of hydrogen-bond donors (Lipinski definition) is 2. The minimum atomic E-state index is -0.364. The van der Waals surface area contributed by atoms with E-state index in [1.54, 1.807) is 19.1 Å². The highest BCUT2D eigenvalue weighted by molar-refractivity contribution is 5.62. The number of nitrogens with zero attached hydrogens (tertiary/aromatic N) is 2. The van der Waals surface area contributed by atoms with Crippen molar-refractivity contribution in [1.29, 1.82) is 0 Å². The number of benzene rings is 1. The zero-order valence-corrected chi connectivity index (χ0v) is 12.3. The zero-order valence-electron chi connectivity index (χ0n) is 12.3. The first kappa shape index (κ1) is 16.4. The lowest BCUT2D eigenvalue weighted by molar-refractivity contribution is -0.384. The van der Waals surface area contributed by atoms with Gasteiger partial charge in [-0.3, -0.25) is 10.1 Å². The molecule has 0 saturated heterocycles. The summed E-state index contributed by atoms with van der Waals surface area (Å²) in [6.07, 6.45) is 0.358. The maximum absolute atomic E-state index is 11.1. The van der Waals surface area contributed by atoms with Crippen molar-refractivity contribution >= 4 is 11.4 Å². The summed E-state index contributed by atoms with van der Waals surface area (Å²) < 4.78 is 0. The van der Waals surface area contributed by atoms with Crippen LogP contribution >= 0.6 is 0 Å². The molecule has 0 aliphatic heterocycles. The molecule has 0 fully saturated rings. The zero-order chi connectivity index (χ0) is 15.1. The summed E-state index contributed by atoms with van der Waals surface area (Å²) in [5.74, 6) is 0. The number of hydrogen-bond acceptors (Lipinski definition) is 5. The number of nitrogens with one attached hydrogen (secondary N) is 1. The number of aliphatic hydroxyl groups excluding tert-OH is 1. The van der Waals surface area contributed by atoms with Crippen molar-refractivity contribution in [3.05, 3.63) is 33.9 Å². The molecule has 0 bridgehead atoms. The van der Waals surface area contributed by atoms with Crippen molar-refractivity contribution in [2.75, 3.05) is 25.5 Å². The van der Waals surface area contributed by atoms with Crippen molar-refractivity contribution in [2.45, 2.75) is 32.9 Å². The van der Waals surface area contributed by atoms with Crippen LogP contribution in [0.15, 0.2) is 18.2 Å². The van der Waals surface area contributed by atoms with Crippen molar-refractivity contribution in [2.24, 2.45) is 0 Å². The van der Waals surface area contributed by atoms with Crippen LogP contribution in [0.1, 0.15) is 25.8 Å². The number of nitro benzene ring substituents is 1. The predicted octanol–water partition coefficient (Wildman–Crippen LogP) is 2.23. The smallest absolute Gasteiger partial charge is 0.292 e. The highest BCUT2D eigenvalue weighted by atomic mass is 16.6. The monoisotopic (exact) mass is 281 g/mol. The summed E-state index contributed by atoms with van der Waals surface area (Å²) in [6, 6.07) is 5.25. The molecular formula is C14H23N3O3. The third-order valence-electron chi connectivity index (χ3n) is 3.01. The Hall–Kier alpha value is -1.66.